The highest BCUT2D eigenvalue weighted by atomic mass is 32.1. The third-order valence-corrected chi connectivity index (χ3v) is 3.84. The van der Waals surface area contributed by atoms with Gasteiger partial charge in [-0.1, -0.05) is 13.0 Å². The summed E-state index contributed by atoms with van der Waals surface area (Å²) in [6, 6.07) is 5.17. The molecule has 0 aliphatic carbocycles. The highest BCUT2D eigenvalue weighted by molar-refractivity contribution is 7.09. The Morgan fingerprint density at radius 2 is 2.43 bits per heavy atom. The molecule has 14 heavy (non-hydrogen) atoms. The fourth-order valence-corrected chi connectivity index (χ4v) is 2.54. The van der Waals surface area contributed by atoms with Crippen molar-refractivity contribution in [3.8, 4) is 0 Å². The van der Waals surface area contributed by atoms with Gasteiger partial charge in [-0.05, 0) is 24.4 Å². The first kappa shape index (κ1) is 10.1. The highest BCUT2D eigenvalue weighted by Crippen LogP contribution is 2.11. The molecule has 1 aliphatic heterocycles. The molecule has 78 valence electrons. The van der Waals surface area contributed by atoms with Crippen LogP contribution in [0.5, 0.6) is 0 Å². The lowest BCUT2D eigenvalue weighted by Gasteiger charge is -2.37. The SMILES string of the molecule is CCN(CCc1cccs1)C1CNC1. The molecule has 0 aromatic carbocycles. The Morgan fingerprint density at radius 3 is 2.93 bits per heavy atom. The predicted molar refractivity (Wildman–Crippen MR) is 61.9 cm³/mol. The van der Waals surface area contributed by atoms with Crippen molar-refractivity contribution in [3.05, 3.63) is 22.4 Å². The lowest BCUT2D eigenvalue weighted by Crippen LogP contribution is -2.57. The molecular formula is C11H18N2S. The van der Waals surface area contributed by atoms with Crippen LogP contribution < -0.4 is 5.32 Å². The van der Waals surface area contributed by atoms with Gasteiger partial charge in [-0.15, -0.1) is 11.3 Å². The van der Waals surface area contributed by atoms with Crippen LogP contribution in [0.15, 0.2) is 17.5 Å². The number of hydrogen-bond acceptors (Lipinski definition) is 3. The molecule has 2 nitrogen and oxygen atoms in total. The van der Waals surface area contributed by atoms with Crippen molar-refractivity contribution in [1.29, 1.82) is 0 Å². The number of nitrogens with one attached hydrogen (secondary N) is 1. The van der Waals surface area contributed by atoms with E-state index in [1.165, 1.54) is 37.5 Å². The summed E-state index contributed by atoms with van der Waals surface area (Å²) in [6.07, 6.45) is 1.21. The minimum Gasteiger partial charge on any atom is -0.314 e. The van der Waals surface area contributed by atoms with E-state index >= 15 is 0 Å². The Morgan fingerprint density at radius 1 is 1.57 bits per heavy atom. The maximum absolute atomic E-state index is 3.33. The zero-order valence-electron chi connectivity index (χ0n) is 8.70. The number of thiophene rings is 1. The molecule has 1 N–H and O–H groups in total. The molecule has 0 bridgehead atoms. The van der Waals surface area contributed by atoms with E-state index in [-0.39, 0.29) is 0 Å². The molecule has 0 saturated carbocycles. The van der Waals surface area contributed by atoms with Crippen LogP contribution >= 0.6 is 11.3 Å². The maximum atomic E-state index is 3.33. The van der Waals surface area contributed by atoms with E-state index in [0.717, 1.165) is 6.04 Å². The van der Waals surface area contributed by atoms with Gasteiger partial charge in [0.15, 0.2) is 0 Å². The summed E-state index contributed by atoms with van der Waals surface area (Å²) in [5.74, 6) is 0. The quantitative estimate of drug-likeness (QED) is 0.794. The van der Waals surface area contributed by atoms with Crippen molar-refractivity contribution in [3.63, 3.8) is 0 Å². The van der Waals surface area contributed by atoms with Gasteiger partial charge < -0.3 is 5.32 Å². The zero-order valence-corrected chi connectivity index (χ0v) is 9.52. The molecule has 1 aromatic heterocycles. The number of likely N-dealkylation sites (N-methyl/N-ethyl adjacent to an activating group) is 1. The van der Waals surface area contributed by atoms with Gasteiger partial charge in [-0.25, -0.2) is 0 Å². The van der Waals surface area contributed by atoms with Gasteiger partial charge in [0, 0.05) is 30.6 Å². The van der Waals surface area contributed by atoms with Crippen LogP contribution in [0.4, 0.5) is 0 Å². The van der Waals surface area contributed by atoms with Crippen molar-refractivity contribution in [2.75, 3.05) is 26.2 Å². The van der Waals surface area contributed by atoms with Crippen molar-refractivity contribution in [1.82, 2.24) is 10.2 Å². The number of rotatable bonds is 5. The first-order chi connectivity index (χ1) is 6.90. The summed E-state index contributed by atoms with van der Waals surface area (Å²) in [6.45, 7) is 7.00. The molecule has 1 aliphatic rings. The first-order valence-corrected chi connectivity index (χ1v) is 6.25. The molecule has 0 spiro atoms. The van der Waals surface area contributed by atoms with Crippen molar-refractivity contribution < 1.29 is 0 Å². The topological polar surface area (TPSA) is 15.3 Å². The van der Waals surface area contributed by atoms with Gasteiger partial charge >= 0.3 is 0 Å². The van der Waals surface area contributed by atoms with Crippen LogP contribution in [0.3, 0.4) is 0 Å². The highest BCUT2D eigenvalue weighted by Gasteiger charge is 2.22. The molecule has 0 amide bonds. The van der Waals surface area contributed by atoms with Gasteiger partial charge in [0.1, 0.15) is 0 Å². The second-order valence-corrected chi connectivity index (χ2v) is 4.80. The Hall–Kier alpha value is -0.380. The summed E-state index contributed by atoms with van der Waals surface area (Å²) in [4.78, 5) is 4.09. The van der Waals surface area contributed by atoms with Crippen molar-refractivity contribution >= 4 is 11.3 Å². The number of hydrogen-bond donors (Lipinski definition) is 1. The fraction of sp³-hybridized carbons (Fsp3) is 0.636. The van der Waals surface area contributed by atoms with Gasteiger partial charge in [-0.3, -0.25) is 4.90 Å². The Labute approximate surface area is 89.9 Å². The maximum Gasteiger partial charge on any atom is 0.0345 e. The molecule has 1 fully saturated rings. The average molecular weight is 210 g/mol. The molecule has 0 atom stereocenters. The molecular weight excluding hydrogens is 192 g/mol. The third kappa shape index (κ3) is 2.35. The summed E-state index contributed by atoms with van der Waals surface area (Å²) in [5.41, 5.74) is 0. The third-order valence-electron chi connectivity index (χ3n) is 2.91. The van der Waals surface area contributed by atoms with Crippen LogP contribution in [-0.4, -0.2) is 37.1 Å². The summed E-state index contributed by atoms with van der Waals surface area (Å²) >= 11 is 1.87. The Bertz CT molecular complexity index is 254. The lowest BCUT2D eigenvalue weighted by atomic mass is 10.1. The Kier molecular flexibility index (Phi) is 3.56. The monoisotopic (exact) mass is 210 g/mol. The Balaban J connectivity index is 1.77. The smallest absolute Gasteiger partial charge is 0.0345 e. The number of nitrogens with zero attached hydrogens (tertiary/aromatic N) is 1. The summed E-state index contributed by atoms with van der Waals surface area (Å²) in [7, 11) is 0. The lowest BCUT2D eigenvalue weighted by molar-refractivity contribution is 0.155. The zero-order chi connectivity index (χ0) is 9.80. The molecule has 2 heterocycles. The standard InChI is InChI=1S/C11H18N2S/c1-2-13(10-8-12-9-10)6-5-11-4-3-7-14-11/h3-4,7,10,12H,2,5-6,8-9H2,1H3. The van der Waals surface area contributed by atoms with E-state index in [2.05, 4.69) is 34.7 Å². The van der Waals surface area contributed by atoms with E-state index in [1.54, 1.807) is 0 Å². The van der Waals surface area contributed by atoms with Gasteiger partial charge in [0.05, 0.1) is 0 Å². The fourth-order valence-electron chi connectivity index (χ4n) is 1.84. The molecule has 2 rings (SSSR count). The van der Waals surface area contributed by atoms with E-state index in [0.29, 0.717) is 0 Å². The predicted octanol–water partition coefficient (Wildman–Crippen LogP) is 1.58. The van der Waals surface area contributed by atoms with Crippen LogP contribution in [0.1, 0.15) is 11.8 Å². The second-order valence-electron chi connectivity index (χ2n) is 3.77. The minimum atomic E-state index is 0.792. The second kappa shape index (κ2) is 4.91. The van der Waals surface area contributed by atoms with E-state index in [9.17, 15) is 0 Å². The molecule has 0 radical (unpaired) electrons. The van der Waals surface area contributed by atoms with Gasteiger partial charge in [0.2, 0.25) is 0 Å². The largest absolute Gasteiger partial charge is 0.314 e. The van der Waals surface area contributed by atoms with Gasteiger partial charge in [0.25, 0.3) is 0 Å². The average Bonchev–Trinajstić information content (AvgIpc) is 2.61. The summed E-state index contributed by atoms with van der Waals surface area (Å²) in [5, 5.41) is 5.49. The van der Waals surface area contributed by atoms with E-state index in [4.69, 9.17) is 0 Å². The molecule has 1 saturated heterocycles. The van der Waals surface area contributed by atoms with E-state index in [1.807, 2.05) is 11.3 Å². The van der Waals surface area contributed by atoms with Crippen molar-refractivity contribution in [2.24, 2.45) is 0 Å². The molecule has 1 aromatic rings. The van der Waals surface area contributed by atoms with E-state index < -0.39 is 0 Å². The minimum absolute atomic E-state index is 0.792. The first-order valence-electron chi connectivity index (χ1n) is 5.37. The van der Waals surface area contributed by atoms with Crippen LogP contribution in [0.2, 0.25) is 0 Å². The summed E-state index contributed by atoms with van der Waals surface area (Å²) < 4.78 is 0. The van der Waals surface area contributed by atoms with Gasteiger partial charge in [-0.2, -0.15) is 0 Å². The molecule has 0 unspecified atom stereocenters. The van der Waals surface area contributed by atoms with Crippen LogP contribution in [0.25, 0.3) is 0 Å². The van der Waals surface area contributed by atoms with Crippen LogP contribution in [0, 0.1) is 0 Å². The van der Waals surface area contributed by atoms with Crippen LogP contribution in [-0.2, 0) is 6.42 Å². The normalized spacial score (nSPS) is 17.3. The molecule has 3 heteroatoms. The van der Waals surface area contributed by atoms with Crippen molar-refractivity contribution in [2.45, 2.75) is 19.4 Å².